The Bertz CT molecular complexity index is 1110. The second-order valence-corrected chi connectivity index (χ2v) is 10.3. The third-order valence-corrected chi connectivity index (χ3v) is 7.77. The van der Waals surface area contributed by atoms with Crippen LogP contribution in [0.2, 0.25) is 0 Å². The van der Waals surface area contributed by atoms with E-state index < -0.39 is 0 Å². The molecule has 4 heterocycles. The number of anilines is 3. The number of carbonyl (C=O) groups is 2. The van der Waals surface area contributed by atoms with Crippen molar-refractivity contribution in [2.24, 2.45) is 0 Å². The zero-order valence-corrected chi connectivity index (χ0v) is 21.2. The highest BCUT2D eigenvalue weighted by Crippen LogP contribution is 2.32. The van der Waals surface area contributed by atoms with Gasteiger partial charge in [-0.05, 0) is 70.1 Å². The lowest BCUT2D eigenvalue weighted by Gasteiger charge is -2.39. The third-order valence-electron chi connectivity index (χ3n) is 7.77. The zero-order valence-electron chi connectivity index (χ0n) is 21.2. The number of aliphatic hydroxyl groups is 1. The lowest BCUT2D eigenvalue weighted by molar-refractivity contribution is -0.131. The van der Waals surface area contributed by atoms with Crippen LogP contribution in [0.15, 0.2) is 24.3 Å². The molecule has 2 amide bonds. The van der Waals surface area contributed by atoms with Gasteiger partial charge >= 0.3 is 0 Å². The van der Waals surface area contributed by atoms with Crippen LogP contribution in [0, 0.1) is 0 Å². The Labute approximate surface area is 212 Å². The first-order valence-electron chi connectivity index (χ1n) is 13.2. The molecule has 1 aromatic carbocycles. The average Bonchev–Trinajstić information content (AvgIpc) is 3.47. The molecule has 0 unspecified atom stereocenters. The minimum absolute atomic E-state index is 0.103. The second-order valence-electron chi connectivity index (χ2n) is 10.3. The molecule has 0 spiro atoms. The number of nitrogens with one attached hydrogen (secondary N) is 2. The number of hydrogen-bond acceptors (Lipinski definition) is 7. The summed E-state index contributed by atoms with van der Waals surface area (Å²) in [5.41, 5.74) is 2.96. The molecule has 9 nitrogen and oxygen atoms in total. The van der Waals surface area contributed by atoms with Crippen LogP contribution in [0.5, 0.6) is 0 Å². The van der Waals surface area contributed by atoms with E-state index in [0.717, 1.165) is 49.2 Å². The fraction of sp³-hybridized carbons (Fsp3) is 0.556. The van der Waals surface area contributed by atoms with Crippen molar-refractivity contribution in [3.05, 3.63) is 41.1 Å². The van der Waals surface area contributed by atoms with Gasteiger partial charge in [0.1, 0.15) is 11.4 Å². The van der Waals surface area contributed by atoms with Gasteiger partial charge in [-0.1, -0.05) is 12.1 Å². The van der Waals surface area contributed by atoms with Gasteiger partial charge in [-0.3, -0.25) is 9.59 Å². The van der Waals surface area contributed by atoms with E-state index in [1.807, 2.05) is 29.2 Å². The number of benzene rings is 1. The molecule has 36 heavy (non-hydrogen) atoms. The lowest BCUT2D eigenvalue weighted by Crippen LogP contribution is -2.45. The summed E-state index contributed by atoms with van der Waals surface area (Å²) < 4.78 is 0. The van der Waals surface area contributed by atoms with Crippen LogP contribution < -0.4 is 15.5 Å². The highest BCUT2D eigenvalue weighted by atomic mass is 16.3. The lowest BCUT2D eigenvalue weighted by atomic mass is 9.98. The average molecular weight is 493 g/mol. The van der Waals surface area contributed by atoms with Gasteiger partial charge in [0.15, 0.2) is 0 Å². The fourth-order valence-corrected chi connectivity index (χ4v) is 5.87. The van der Waals surface area contributed by atoms with Crippen molar-refractivity contribution in [1.29, 1.82) is 0 Å². The first-order valence-corrected chi connectivity index (χ1v) is 13.2. The number of nitrogens with zero attached hydrogens (tertiary/aromatic N) is 4. The molecule has 0 aliphatic carbocycles. The number of likely N-dealkylation sites (tertiary alicyclic amines) is 1. The first-order chi connectivity index (χ1) is 17.4. The van der Waals surface area contributed by atoms with Crippen LogP contribution >= 0.6 is 0 Å². The number of carbonyl (C=O) groups excluding carboxylic acids is 2. The summed E-state index contributed by atoms with van der Waals surface area (Å²) in [6.45, 7) is 5.69. The van der Waals surface area contributed by atoms with Crippen molar-refractivity contribution >= 4 is 29.3 Å². The summed E-state index contributed by atoms with van der Waals surface area (Å²) in [6.07, 6.45) is 6.33. The molecule has 0 bridgehead atoms. The van der Waals surface area contributed by atoms with Gasteiger partial charge in [0.2, 0.25) is 11.9 Å². The molecule has 2 fully saturated rings. The highest BCUT2D eigenvalue weighted by Gasteiger charge is 2.32. The number of hydrogen-bond donors (Lipinski definition) is 3. The molecule has 5 rings (SSSR count). The molecule has 2 aromatic rings. The van der Waals surface area contributed by atoms with Gasteiger partial charge in [0.05, 0.1) is 18.7 Å². The summed E-state index contributed by atoms with van der Waals surface area (Å²) in [6, 6.07) is 8.55. The monoisotopic (exact) mass is 492 g/mol. The van der Waals surface area contributed by atoms with Gasteiger partial charge < -0.3 is 25.5 Å². The Kier molecular flexibility index (Phi) is 7.09. The van der Waals surface area contributed by atoms with E-state index in [9.17, 15) is 14.7 Å². The predicted octanol–water partition coefficient (Wildman–Crippen LogP) is 3.15. The van der Waals surface area contributed by atoms with Crippen LogP contribution in [0.25, 0.3) is 0 Å². The molecule has 3 N–H and O–H groups in total. The number of aliphatic hydroxyl groups excluding tert-OH is 1. The maximum atomic E-state index is 12.8. The summed E-state index contributed by atoms with van der Waals surface area (Å²) in [5.74, 6) is 1.12. The molecular formula is C27H36N6O3. The maximum Gasteiger partial charge on any atom is 0.257 e. The SMILES string of the molecule is C[C@@H]1CCC[C@@H](C)N1c1nc2c(c(Nc3ccc(CC(=O)N4CCC[C@H]4CCO)cc3)n1)C(=O)NC2. The number of rotatable bonds is 7. The Morgan fingerprint density at radius 1 is 1.11 bits per heavy atom. The van der Waals surface area contributed by atoms with Gasteiger partial charge in [-0.2, -0.15) is 4.98 Å². The standard InChI is InChI=1S/C27H36N6O3/c1-17-5-3-6-18(2)33(17)27-30-22-16-28-26(36)24(22)25(31-27)29-20-10-8-19(9-11-20)15-23(35)32-13-4-7-21(32)12-14-34/h8-11,17-18,21,34H,3-7,12-16H2,1-2H3,(H,28,36)(H,29,30,31)/t17-,18-,21+/m1/s1. The summed E-state index contributed by atoms with van der Waals surface area (Å²) >= 11 is 0. The molecule has 3 atom stereocenters. The van der Waals surface area contributed by atoms with Crippen LogP contribution in [0.1, 0.15) is 74.0 Å². The Morgan fingerprint density at radius 3 is 2.58 bits per heavy atom. The molecule has 9 heteroatoms. The van der Waals surface area contributed by atoms with Crippen molar-refractivity contribution in [3.8, 4) is 0 Å². The number of fused-ring (bicyclic) bond motifs is 1. The quantitative estimate of drug-likeness (QED) is 0.545. The normalized spacial score (nSPS) is 23.5. The van der Waals surface area contributed by atoms with Gasteiger partial charge in [0.25, 0.3) is 5.91 Å². The largest absolute Gasteiger partial charge is 0.396 e. The molecule has 1 aromatic heterocycles. The first kappa shape index (κ1) is 24.5. The van der Waals surface area contributed by atoms with Gasteiger partial charge in [-0.15, -0.1) is 0 Å². The zero-order chi connectivity index (χ0) is 25.2. The van der Waals surface area contributed by atoms with Crippen LogP contribution in [-0.4, -0.2) is 63.1 Å². The van der Waals surface area contributed by atoms with Crippen LogP contribution in [0.4, 0.5) is 17.5 Å². The molecule has 0 radical (unpaired) electrons. The fourth-order valence-electron chi connectivity index (χ4n) is 5.87. The molecule has 3 aliphatic rings. The minimum atomic E-state index is -0.163. The maximum absolute atomic E-state index is 12.8. The van der Waals surface area contributed by atoms with Crippen molar-refractivity contribution in [1.82, 2.24) is 20.2 Å². The summed E-state index contributed by atoms with van der Waals surface area (Å²) in [7, 11) is 0. The number of aromatic nitrogens is 2. The van der Waals surface area contributed by atoms with E-state index in [4.69, 9.17) is 9.97 Å². The van der Waals surface area contributed by atoms with E-state index in [-0.39, 0.29) is 24.5 Å². The number of amides is 2. The summed E-state index contributed by atoms with van der Waals surface area (Å²) in [5, 5.41) is 15.5. The summed E-state index contributed by atoms with van der Waals surface area (Å²) in [4.78, 5) is 39.2. The Morgan fingerprint density at radius 2 is 1.86 bits per heavy atom. The van der Waals surface area contributed by atoms with Crippen LogP contribution in [-0.2, 0) is 17.8 Å². The Hall–Kier alpha value is -3.20. The number of piperidine rings is 1. The second kappa shape index (κ2) is 10.4. The van der Waals surface area contributed by atoms with Crippen molar-refractivity contribution in [2.45, 2.75) is 83.5 Å². The van der Waals surface area contributed by atoms with Gasteiger partial charge in [0, 0.05) is 37.0 Å². The molecule has 3 aliphatic heterocycles. The Balaban J connectivity index is 1.33. The van der Waals surface area contributed by atoms with Crippen LogP contribution in [0.3, 0.4) is 0 Å². The highest BCUT2D eigenvalue weighted by molar-refractivity contribution is 6.03. The van der Waals surface area contributed by atoms with E-state index in [1.54, 1.807) is 0 Å². The molecule has 0 saturated carbocycles. The van der Waals surface area contributed by atoms with E-state index in [2.05, 4.69) is 29.4 Å². The molecular weight excluding hydrogens is 456 g/mol. The smallest absolute Gasteiger partial charge is 0.257 e. The minimum Gasteiger partial charge on any atom is -0.396 e. The van der Waals surface area contributed by atoms with E-state index in [1.165, 1.54) is 6.42 Å². The van der Waals surface area contributed by atoms with E-state index >= 15 is 0 Å². The van der Waals surface area contributed by atoms with E-state index in [0.29, 0.717) is 48.8 Å². The topological polar surface area (TPSA) is 111 Å². The molecule has 192 valence electrons. The third kappa shape index (κ3) is 4.89. The van der Waals surface area contributed by atoms with Gasteiger partial charge in [-0.25, -0.2) is 4.98 Å². The predicted molar refractivity (Wildman–Crippen MR) is 138 cm³/mol. The van der Waals surface area contributed by atoms with Crippen molar-refractivity contribution < 1.29 is 14.7 Å². The molecule has 2 saturated heterocycles. The van der Waals surface area contributed by atoms with Crippen molar-refractivity contribution in [3.63, 3.8) is 0 Å². The van der Waals surface area contributed by atoms with Crippen molar-refractivity contribution in [2.75, 3.05) is 23.4 Å².